The first kappa shape index (κ1) is 23.0. The normalized spacial score (nSPS) is 11.4. The molecule has 0 saturated heterocycles. The minimum absolute atomic E-state index is 0.509. The molecule has 7 aromatic rings. The van der Waals surface area contributed by atoms with Gasteiger partial charge in [-0.3, -0.25) is 9.08 Å². The van der Waals surface area contributed by atoms with Gasteiger partial charge in [-0.15, -0.1) is 10.2 Å². The Morgan fingerprint density at radius 1 is 0.718 bits per heavy atom. The molecule has 0 saturated carbocycles. The molecular formula is C32H25N7. The average Bonchev–Trinajstić information content (AvgIpc) is 3.64. The third kappa shape index (κ3) is 4.24. The summed E-state index contributed by atoms with van der Waals surface area (Å²) in [7, 11) is 0. The number of pyridine rings is 2. The zero-order valence-corrected chi connectivity index (χ0v) is 21.1. The monoisotopic (exact) mass is 507 g/mol. The summed E-state index contributed by atoms with van der Waals surface area (Å²) < 4.78 is 3.93. The van der Waals surface area contributed by atoms with Gasteiger partial charge in [0.1, 0.15) is 0 Å². The Morgan fingerprint density at radius 2 is 1.49 bits per heavy atom. The fraction of sp³-hybridized carbons (Fsp3) is 0.0625. The number of rotatable bonds is 6. The predicted molar refractivity (Wildman–Crippen MR) is 154 cm³/mol. The fourth-order valence-corrected chi connectivity index (χ4v) is 4.98. The van der Waals surface area contributed by atoms with E-state index in [1.54, 1.807) is 0 Å². The van der Waals surface area contributed by atoms with Crippen LogP contribution in [0.1, 0.15) is 11.1 Å². The molecule has 3 aromatic carbocycles. The van der Waals surface area contributed by atoms with Crippen LogP contribution in [0.4, 0.5) is 0 Å². The minimum atomic E-state index is 0.509. The van der Waals surface area contributed by atoms with Crippen molar-refractivity contribution in [3.63, 3.8) is 0 Å². The van der Waals surface area contributed by atoms with E-state index in [1.165, 1.54) is 5.56 Å². The van der Waals surface area contributed by atoms with Crippen LogP contribution in [0.5, 0.6) is 0 Å². The van der Waals surface area contributed by atoms with Gasteiger partial charge >= 0.3 is 0 Å². The standard InChI is InChI=1S/C32H25N7/c33-18-22-11-13-25(14-12-22)30-27(24-9-5-2-6-10-24)17-28-29(35-30)15-16-39-31(36-37-32(28)39)26-19-34-38(21-26)20-23-7-3-1-4-8-23/h1-17,19,21H,18,20,33H2. The van der Waals surface area contributed by atoms with Gasteiger partial charge in [-0.25, -0.2) is 4.98 Å². The van der Waals surface area contributed by atoms with Crippen molar-refractivity contribution in [3.05, 3.63) is 127 Å². The van der Waals surface area contributed by atoms with Crippen LogP contribution >= 0.6 is 0 Å². The van der Waals surface area contributed by atoms with Gasteiger partial charge in [-0.05, 0) is 28.8 Å². The van der Waals surface area contributed by atoms with Crippen molar-refractivity contribution in [2.24, 2.45) is 5.73 Å². The Balaban J connectivity index is 1.35. The zero-order valence-electron chi connectivity index (χ0n) is 21.1. The van der Waals surface area contributed by atoms with Crippen molar-refractivity contribution < 1.29 is 0 Å². The fourth-order valence-electron chi connectivity index (χ4n) is 4.98. The van der Waals surface area contributed by atoms with E-state index in [0.717, 1.165) is 55.9 Å². The van der Waals surface area contributed by atoms with E-state index in [0.29, 0.717) is 13.1 Å². The number of hydrogen-bond donors (Lipinski definition) is 1. The van der Waals surface area contributed by atoms with Gasteiger partial charge in [0, 0.05) is 35.5 Å². The molecule has 188 valence electrons. The lowest BCUT2D eigenvalue weighted by Crippen LogP contribution is -1.99. The van der Waals surface area contributed by atoms with Crippen LogP contribution in [-0.4, -0.2) is 29.4 Å². The summed E-state index contributed by atoms with van der Waals surface area (Å²) in [4.78, 5) is 5.13. The minimum Gasteiger partial charge on any atom is -0.326 e. The average molecular weight is 508 g/mol. The highest BCUT2D eigenvalue weighted by atomic mass is 15.3. The van der Waals surface area contributed by atoms with E-state index in [9.17, 15) is 0 Å². The summed E-state index contributed by atoms with van der Waals surface area (Å²) in [6.45, 7) is 1.20. The second-order valence-corrected chi connectivity index (χ2v) is 9.53. The molecule has 7 heteroatoms. The van der Waals surface area contributed by atoms with Crippen molar-refractivity contribution in [1.82, 2.24) is 29.4 Å². The Labute approximate surface area is 225 Å². The summed E-state index contributed by atoms with van der Waals surface area (Å²) in [5.41, 5.74) is 14.7. The van der Waals surface area contributed by atoms with Crippen molar-refractivity contribution in [3.8, 4) is 33.8 Å². The summed E-state index contributed by atoms with van der Waals surface area (Å²) >= 11 is 0. The highest BCUT2D eigenvalue weighted by molar-refractivity contribution is 5.98. The molecule has 0 amide bonds. The highest BCUT2D eigenvalue weighted by Crippen LogP contribution is 2.35. The van der Waals surface area contributed by atoms with Gasteiger partial charge in [-0.1, -0.05) is 84.9 Å². The maximum atomic E-state index is 5.83. The molecule has 0 aliphatic rings. The van der Waals surface area contributed by atoms with Gasteiger partial charge in [0.05, 0.1) is 29.5 Å². The van der Waals surface area contributed by atoms with Crippen molar-refractivity contribution in [2.45, 2.75) is 13.1 Å². The van der Waals surface area contributed by atoms with Crippen LogP contribution in [0.25, 0.3) is 50.3 Å². The number of aromatic nitrogens is 6. The first-order chi connectivity index (χ1) is 19.3. The number of benzene rings is 3. The van der Waals surface area contributed by atoms with E-state index < -0.39 is 0 Å². The number of hydrogen-bond acceptors (Lipinski definition) is 5. The summed E-state index contributed by atoms with van der Waals surface area (Å²) in [5, 5.41) is 14.7. The molecule has 2 N–H and O–H groups in total. The van der Waals surface area contributed by atoms with Crippen LogP contribution in [0, 0.1) is 0 Å². The lowest BCUT2D eigenvalue weighted by Gasteiger charge is -2.12. The third-order valence-electron chi connectivity index (χ3n) is 7.00. The van der Waals surface area contributed by atoms with E-state index in [-0.39, 0.29) is 0 Å². The number of fused-ring (bicyclic) bond motifs is 3. The van der Waals surface area contributed by atoms with Crippen LogP contribution in [-0.2, 0) is 13.1 Å². The molecule has 4 heterocycles. The maximum absolute atomic E-state index is 5.83. The highest BCUT2D eigenvalue weighted by Gasteiger charge is 2.17. The van der Waals surface area contributed by atoms with E-state index in [4.69, 9.17) is 10.7 Å². The Hall–Kier alpha value is -5.14. The van der Waals surface area contributed by atoms with Crippen LogP contribution in [0.3, 0.4) is 0 Å². The van der Waals surface area contributed by atoms with Gasteiger partial charge in [-0.2, -0.15) is 5.10 Å². The molecule has 7 rings (SSSR count). The van der Waals surface area contributed by atoms with Crippen LogP contribution in [0.15, 0.2) is 116 Å². The second-order valence-electron chi connectivity index (χ2n) is 9.53. The third-order valence-corrected chi connectivity index (χ3v) is 7.00. The van der Waals surface area contributed by atoms with Crippen LogP contribution < -0.4 is 5.73 Å². The molecule has 0 fully saturated rings. The predicted octanol–water partition coefficient (Wildman–Crippen LogP) is 5.98. The molecule has 0 bridgehead atoms. The van der Waals surface area contributed by atoms with Crippen molar-refractivity contribution >= 4 is 16.6 Å². The zero-order chi connectivity index (χ0) is 26.2. The molecule has 0 radical (unpaired) electrons. The first-order valence-corrected chi connectivity index (χ1v) is 12.9. The van der Waals surface area contributed by atoms with Gasteiger partial charge in [0.2, 0.25) is 0 Å². The molecule has 0 aliphatic carbocycles. The van der Waals surface area contributed by atoms with Gasteiger partial charge in [0.15, 0.2) is 11.5 Å². The van der Waals surface area contributed by atoms with E-state index >= 15 is 0 Å². The van der Waals surface area contributed by atoms with Gasteiger partial charge in [0.25, 0.3) is 0 Å². The molecule has 0 aliphatic heterocycles. The van der Waals surface area contributed by atoms with Crippen molar-refractivity contribution in [2.75, 3.05) is 0 Å². The molecular weight excluding hydrogens is 482 g/mol. The number of nitrogens with two attached hydrogens (primary N) is 1. The lowest BCUT2D eigenvalue weighted by molar-refractivity contribution is 0.687. The molecule has 0 spiro atoms. The molecule has 0 atom stereocenters. The molecule has 4 aromatic heterocycles. The molecule has 7 nitrogen and oxygen atoms in total. The second kappa shape index (κ2) is 9.63. The Bertz CT molecular complexity index is 1900. The quantitative estimate of drug-likeness (QED) is 0.299. The summed E-state index contributed by atoms with van der Waals surface area (Å²) in [6, 6.07) is 33.1. The topological polar surface area (TPSA) is 86.9 Å². The lowest BCUT2D eigenvalue weighted by atomic mass is 9.97. The Morgan fingerprint density at radius 3 is 2.26 bits per heavy atom. The molecule has 39 heavy (non-hydrogen) atoms. The largest absolute Gasteiger partial charge is 0.326 e. The maximum Gasteiger partial charge on any atom is 0.171 e. The Kier molecular flexibility index (Phi) is 5.68. The van der Waals surface area contributed by atoms with Gasteiger partial charge < -0.3 is 5.73 Å². The van der Waals surface area contributed by atoms with E-state index in [1.807, 2.05) is 70.1 Å². The smallest absolute Gasteiger partial charge is 0.171 e. The van der Waals surface area contributed by atoms with Crippen molar-refractivity contribution in [1.29, 1.82) is 0 Å². The molecule has 0 unspecified atom stereocenters. The SMILES string of the molecule is NCc1ccc(-c2nc3ccn4c(-c5cnn(Cc6ccccc6)c5)nnc4c3cc2-c2ccccc2)cc1. The summed E-state index contributed by atoms with van der Waals surface area (Å²) in [6.07, 6.45) is 5.83. The summed E-state index contributed by atoms with van der Waals surface area (Å²) in [5.74, 6) is 0.744. The number of nitrogens with zero attached hydrogens (tertiary/aromatic N) is 6. The first-order valence-electron chi connectivity index (χ1n) is 12.9. The van der Waals surface area contributed by atoms with Crippen LogP contribution in [0.2, 0.25) is 0 Å². The van der Waals surface area contributed by atoms with E-state index in [2.05, 4.69) is 69.9 Å².